The van der Waals surface area contributed by atoms with E-state index in [1.165, 1.54) is 0 Å². The lowest BCUT2D eigenvalue weighted by molar-refractivity contribution is 0.412. The van der Waals surface area contributed by atoms with Crippen LogP contribution in [0.25, 0.3) is 5.65 Å². The topological polar surface area (TPSA) is 52.5 Å². The van der Waals surface area contributed by atoms with Crippen LogP contribution in [0.2, 0.25) is 0 Å². The highest BCUT2D eigenvalue weighted by Gasteiger charge is 1.99. The summed E-state index contributed by atoms with van der Waals surface area (Å²) in [5.41, 5.74) is 6.47. The molecule has 2 rings (SSSR count). The normalized spacial score (nSPS) is 10.4. The summed E-state index contributed by atoms with van der Waals surface area (Å²) in [5.74, 6) is 1.39. The Balaban J connectivity index is 2.71. The number of nitrogens with two attached hydrogens (primary N) is 1. The summed E-state index contributed by atoms with van der Waals surface area (Å²) in [5, 5.41) is 0. The van der Waals surface area contributed by atoms with Gasteiger partial charge in [0.05, 0.1) is 19.5 Å². The lowest BCUT2D eigenvalue weighted by Crippen LogP contribution is -1.93. The van der Waals surface area contributed by atoms with Gasteiger partial charge in [-0.1, -0.05) is 0 Å². The summed E-state index contributed by atoms with van der Waals surface area (Å²) in [6, 6.07) is 3.71. The second-order valence-corrected chi connectivity index (χ2v) is 2.48. The zero-order valence-corrected chi connectivity index (χ0v) is 6.69. The van der Waals surface area contributed by atoms with Crippen molar-refractivity contribution in [1.29, 1.82) is 0 Å². The van der Waals surface area contributed by atoms with Crippen LogP contribution < -0.4 is 10.5 Å². The molecule has 0 radical (unpaired) electrons. The second-order valence-electron chi connectivity index (χ2n) is 2.48. The van der Waals surface area contributed by atoms with E-state index in [9.17, 15) is 0 Å². The van der Waals surface area contributed by atoms with E-state index in [0.29, 0.717) is 5.82 Å². The Bertz CT molecular complexity index is 408. The highest BCUT2D eigenvalue weighted by atomic mass is 16.5. The fraction of sp³-hybridized carbons (Fsp3) is 0.125. The third kappa shape index (κ3) is 0.887. The highest BCUT2D eigenvalue weighted by molar-refractivity contribution is 5.49. The molecule has 0 aliphatic heterocycles. The number of methoxy groups -OCH3 is 1. The van der Waals surface area contributed by atoms with Gasteiger partial charge in [0.15, 0.2) is 0 Å². The number of imidazole rings is 1. The van der Waals surface area contributed by atoms with E-state index in [1.54, 1.807) is 23.9 Å². The van der Waals surface area contributed by atoms with Crippen molar-refractivity contribution < 1.29 is 4.74 Å². The number of pyridine rings is 1. The molecule has 4 heteroatoms. The first-order valence-electron chi connectivity index (χ1n) is 3.58. The zero-order valence-electron chi connectivity index (χ0n) is 6.69. The van der Waals surface area contributed by atoms with Crippen LogP contribution in [0.15, 0.2) is 24.5 Å². The number of fused-ring (bicyclic) bond motifs is 1. The van der Waals surface area contributed by atoms with E-state index in [0.717, 1.165) is 11.4 Å². The lowest BCUT2D eigenvalue weighted by Gasteiger charge is -2.00. The van der Waals surface area contributed by atoms with E-state index in [4.69, 9.17) is 10.5 Å². The van der Waals surface area contributed by atoms with Crippen LogP contribution in [0.1, 0.15) is 0 Å². The van der Waals surface area contributed by atoms with Crippen LogP contribution in [0.5, 0.6) is 5.75 Å². The number of nitrogens with zero attached hydrogens (tertiary/aromatic N) is 2. The molecule has 2 aromatic rings. The summed E-state index contributed by atoms with van der Waals surface area (Å²) in [6.07, 6.45) is 3.42. The predicted octanol–water partition coefficient (Wildman–Crippen LogP) is 0.925. The van der Waals surface area contributed by atoms with Crippen molar-refractivity contribution in [1.82, 2.24) is 9.38 Å². The average molecular weight is 163 g/mol. The molecule has 0 aliphatic carbocycles. The molecule has 0 saturated carbocycles. The van der Waals surface area contributed by atoms with Crippen LogP contribution in [0, 0.1) is 0 Å². The van der Waals surface area contributed by atoms with Crippen LogP contribution in [-0.4, -0.2) is 16.5 Å². The minimum atomic E-state index is 0.615. The Morgan fingerprint density at radius 1 is 1.50 bits per heavy atom. The van der Waals surface area contributed by atoms with E-state index >= 15 is 0 Å². The van der Waals surface area contributed by atoms with Crippen LogP contribution in [0.3, 0.4) is 0 Å². The van der Waals surface area contributed by atoms with Gasteiger partial charge in [0, 0.05) is 0 Å². The summed E-state index contributed by atoms with van der Waals surface area (Å²) in [6.45, 7) is 0. The molecule has 2 aromatic heterocycles. The summed E-state index contributed by atoms with van der Waals surface area (Å²) < 4.78 is 6.82. The highest BCUT2D eigenvalue weighted by Crippen LogP contribution is 2.14. The molecular weight excluding hydrogens is 154 g/mol. The molecule has 0 bridgehead atoms. The number of hydrogen-bond acceptors (Lipinski definition) is 3. The van der Waals surface area contributed by atoms with Crippen LogP contribution in [0.4, 0.5) is 5.82 Å². The van der Waals surface area contributed by atoms with Crippen molar-refractivity contribution in [3.05, 3.63) is 24.5 Å². The molecule has 0 unspecified atom stereocenters. The Kier molecular flexibility index (Phi) is 1.40. The van der Waals surface area contributed by atoms with Crippen molar-refractivity contribution in [3.8, 4) is 5.75 Å². The van der Waals surface area contributed by atoms with Gasteiger partial charge in [-0.25, -0.2) is 4.98 Å². The monoisotopic (exact) mass is 163 g/mol. The molecule has 0 amide bonds. The fourth-order valence-corrected chi connectivity index (χ4v) is 1.10. The van der Waals surface area contributed by atoms with E-state index in [-0.39, 0.29) is 0 Å². The maximum Gasteiger partial charge on any atom is 0.138 e. The Hall–Kier alpha value is -1.71. The standard InChI is InChI=1S/C8H9N3O/c1-12-6-2-3-8-10-4-7(9)11(8)5-6/h2-5H,9H2,1H3. The molecule has 2 heterocycles. The molecule has 0 atom stereocenters. The van der Waals surface area contributed by atoms with Gasteiger partial charge in [0.25, 0.3) is 0 Å². The van der Waals surface area contributed by atoms with Gasteiger partial charge in [-0.2, -0.15) is 0 Å². The first-order chi connectivity index (χ1) is 5.81. The molecule has 62 valence electrons. The van der Waals surface area contributed by atoms with Crippen molar-refractivity contribution in [2.24, 2.45) is 0 Å². The molecule has 0 fully saturated rings. The maximum absolute atomic E-state index is 5.64. The molecule has 0 spiro atoms. The predicted molar refractivity (Wildman–Crippen MR) is 46.2 cm³/mol. The van der Waals surface area contributed by atoms with Crippen LogP contribution in [-0.2, 0) is 0 Å². The number of rotatable bonds is 1. The number of nitrogen functional groups attached to an aromatic ring is 1. The summed E-state index contributed by atoms with van der Waals surface area (Å²) in [7, 11) is 1.62. The molecule has 12 heavy (non-hydrogen) atoms. The maximum atomic E-state index is 5.64. The van der Waals surface area contributed by atoms with Gasteiger partial charge in [-0.05, 0) is 12.1 Å². The molecule has 0 aromatic carbocycles. The van der Waals surface area contributed by atoms with Gasteiger partial charge >= 0.3 is 0 Å². The number of aromatic nitrogens is 2. The van der Waals surface area contributed by atoms with E-state index < -0.39 is 0 Å². The Morgan fingerprint density at radius 3 is 3.08 bits per heavy atom. The first kappa shape index (κ1) is 6.97. The van der Waals surface area contributed by atoms with Gasteiger partial charge < -0.3 is 10.5 Å². The quantitative estimate of drug-likeness (QED) is 0.680. The SMILES string of the molecule is COc1ccc2ncc(N)n2c1. The Labute approximate surface area is 69.6 Å². The summed E-state index contributed by atoms with van der Waals surface area (Å²) in [4.78, 5) is 4.08. The molecule has 0 saturated heterocycles. The third-order valence-corrected chi connectivity index (χ3v) is 1.74. The molecule has 2 N–H and O–H groups in total. The third-order valence-electron chi connectivity index (χ3n) is 1.74. The van der Waals surface area contributed by atoms with Crippen LogP contribution >= 0.6 is 0 Å². The second kappa shape index (κ2) is 2.41. The van der Waals surface area contributed by atoms with Crippen molar-refractivity contribution in [2.45, 2.75) is 0 Å². The molecular formula is C8H9N3O. The summed E-state index contributed by atoms with van der Waals surface area (Å²) >= 11 is 0. The first-order valence-corrected chi connectivity index (χ1v) is 3.58. The minimum Gasteiger partial charge on any atom is -0.495 e. The lowest BCUT2D eigenvalue weighted by atomic mass is 10.4. The Morgan fingerprint density at radius 2 is 2.33 bits per heavy atom. The van der Waals surface area contributed by atoms with E-state index in [1.807, 2.05) is 12.1 Å². The fourth-order valence-electron chi connectivity index (χ4n) is 1.10. The number of anilines is 1. The van der Waals surface area contributed by atoms with Gasteiger partial charge in [0.1, 0.15) is 17.2 Å². The van der Waals surface area contributed by atoms with Gasteiger partial charge in [0.2, 0.25) is 0 Å². The van der Waals surface area contributed by atoms with Crippen molar-refractivity contribution >= 4 is 11.5 Å². The minimum absolute atomic E-state index is 0.615. The largest absolute Gasteiger partial charge is 0.495 e. The van der Waals surface area contributed by atoms with Crippen molar-refractivity contribution in [3.63, 3.8) is 0 Å². The zero-order chi connectivity index (χ0) is 8.55. The number of ether oxygens (including phenoxy) is 1. The number of hydrogen-bond donors (Lipinski definition) is 1. The van der Waals surface area contributed by atoms with E-state index in [2.05, 4.69) is 4.98 Å². The van der Waals surface area contributed by atoms with Gasteiger partial charge in [-0.15, -0.1) is 0 Å². The van der Waals surface area contributed by atoms with Crippen molar-refractivity contribution in [2.75, 3.05) is 12.8 Å². The average Bonchev–Trinajstić information content (AvgIpc) is 2.47. The molecule has 0 aliphatic rings. The van der Waals surface area contributed by atoms with Gasteiger partial charge in [-0.3, -0.25) is 4.40 Å². The smallest absolute Gasteiger partial charge is 0.138 e. The molecule has 4 nitrogen and oxygen atoms in total.